The molecule has 0 unspecified atom stereocenters. The molecule has 1 heterocycles. The van der Waals surface area contributed by atoms with Crippen molar-refractivity contribution in [2.24, 2.45) is 0 Å². The fraction of sp³-hybridized carbons (Fsp3) is 0.167. The molecule has 0 saturated carbocycles. The van der Waals surface area contributed by atoms with Gasteiger partial charge in [-0.2, -0.15) is 0 Å². The van der Waals surface area contributed by atoms with E-state index in [0.29, 0.717) is 16.8 Å². The third-order valence-electron chi connectivity index (χ3n) is 2.63. The Balaban J connectivity index is 2.46. The van der Waals surface area contributed by atoms with Crippen LogP contribution in [0, 0.1) is 12.7 Å². The van der Waals surface area contributed by atoms with Crippen molar-refractivity contribution >= 4 is 5.69 Å². The maximum Gasteiger partial charge on any atom is 0.328 e. The number of benzene rings is 1. The van der Waals surface area contributed by atoms with Crippen molar-refractivity contribution in [2.75, 3.05) is 5.73 Å². The maximum atomic E-state index is 13.1. The molecule has 94 valence electrons. The van der Waals surface area contributed by atoms with Gasteiger partial charge in [-0.25, -0.2) is 9.18 Å². The molecule has 18 heavy (non-hydrogen) atoms. The first-order valence-corrected chi connectivity index (χ1v) is 5.31. The Labute approximate surface area is 102 Å². The zero-order valence-corrected chi connectivity index (χ0v) is 9.74. The van der Waals surface area contributed by atoms with Gasteiger partial charge >= 0.3 is 5.69 Å². The minimum Gasteiger partial charge on any atom is -0.398 e. The Bertz CT molecular complexity index is 703. The molecule has 0 aliphatic heterocycles. The van der Waals surface area contributed by atoms with E-state index < -0.39 is 17.1 Å². The van der Waals surface area contributed by atoms with Crippen LogP contribution >= 0.6 is 0 Å². The van der Waals surface area contributed by atoms with Crippen molar-refractivity contribution in [3.8, 4) is 0 Å². The second kappa shape index (κ2) is 4.48. The molecule has 5 nitrogen and oxygen atoms in total. The second-order valence-electron chi connectivity index (χ2n) is 4.04. The smallest absolute Gasteiger partial charge is 0.328 e. The summed E-state index contributed by atoms with van der Waals surface area (Å²) in [5.41, 5.74) is 6.02. The Kier molecular flexibility index (Phi) is 3.01. The molecule has 3 N–H and O–H groups in total. The molecular weight excluding hydrogens is 237 g/mol. The van der Waals surface area contributed by atoms with E-state index in [1.54, 1.807) is 6.92 Å². The molecule has 0 atom stereocenters. The van der Waals surface area contributed by atoms with Crippen molar-refractivity contribution in [1.82, 2.24) is 9.55 Å². The lowest BCUT2D eigenvalue weighted by Crippen LogP contribution is -2.31. The Morgan fingerprint density at radius 3 is 2.83 bits per heavy atom. The molecule has 1 aromatic carbocycles. The lowest BCUT2D eigenvalue weighted by atomic mass is 10.1. The van der Waals surface area contributed by atoms with Gasteiger partial charge in [0.05, 0.1) is 6.54 Å². The molecule has 2 rings (SSSR count). The number of hydrogen-bond acceptors (Lipinski definition) is 3. The van der Waals surface area contributed by atoms with Crippen LogP contribution in [0.1, 0.15) is 11.1 Å². The average Bonchev–Trinajstić information content (AvgIpc) is 2.30. The van der Waals surface area contributed by atoms with Gasteiger partial charge in [-0.05, 0) is 30.7 Å². The number of nitrogens with zero attached hydrogens (tertiary/aromatic N) is 1. The van der Waals surface area contributed by atoms with Crippen LogP contribution in [-0.4, -0.2) is 9.55 Å². The number of rotatable bonds is 2. The van der Waals surface area contributed by atoms with Crippen molar-refractivity contribution in [1.29, 1.82) is 0 Å². The van der Waals surface area contributed by atoms with Gasteiger partial charge in [0.1, 0.15) is 5.82 Å². The minimum atomic E-state index is -0.547. The summed E-state index contributed by atoms with van der Waals surface area (Å²) in [4.78, 5) is 25.0. The van der Waals surface area contributed by atoms with E-state index in [0.717, 1.165) is 0 Å². The highest BCUT2D eigenvalue weighted by Gasteiger charge is 2.05. The predicted molar refractivity (Wildman–Crippen MR) is 66.0 cm³/mol. The van der Waals surface area contributed by atoms with E-state index in [1.165, 1.54) is 29.0 Å². The topological polar surface area (TPSA) is 80.9 Å². The molecule has 0 radical (unpaired) electrons. The standard InChI is InChI=1S/C12H12FN3O2/c1-7-5-16(12(18)15-11(7)17)6-8-4-9(13)2-3-10(8)14/h2-5H,6,14H2,1H3,(H,15,17,18). The van der Waals surface area contributed by atoms with Crippen molar-refractivity contribution in [3.63, 3.8) is 0 Å². The molecule has 2 aromatic rings. The van der Waals surface area contributed by atoms with Gasteiger partial charge in [0.15, 0.2) is 0 Å². The van der Waals surface area contributed by atoms with Crippen LogP contribution in [0.15, 0.2) is 34.0 Å². The molecule has 0 bridgehead atoms. The molecule has 1 aromatic heterocycles. The number of hydrogen-bond donors (Lipinski definition) is 2. The summed E-state index contributed by atoms with van der Waals surface area (Å²) in [6.07, 6.45) is 1.42. The van der Waals surface area contributed by atoms with Crippen molar-refractivity contribution in [2.45, 2.75) is 13.5 Å². The van der Waals surface area contributed by atoms with Crippen LogP contribution in [0.4, 0.5) is 10.1 Å². The van der Waals surface area contributed by atoms with Crippen molar-refractivity contribution in [3.05, 3.63) is 62.2 Å². The van der Waals surface area contributed by atoms with Gasteiger partial charge < -0.3 is 5.73 Å². The van der Waals surface area contributed by atoms with Crippen LogP contribution in [0.5, 0.6) is 0 Å². The van der Waals surface area contributed by atoms with Gasteiger partial charge in [0.25, 0.3) is 5.56 Å². The Morgan fingerprint density at radius 1 is 1.39 bits per heavy atom. The van der Waals surface area contributed by atoms with Gasteiger partial charge in [0, 0.05) is 17.4 Å². The number of anilines is 1. The highest BCUT2D eigenvalue weighted by atomic mass is 19.1. The van der Waals surface area contributed by atoms with E-state index in [9.17, 15) is 14.0 Å². The van der Waals surface area contributed by atoms with Crippen LogP contribution in [0.2, 0.25) is 0 Å². The number of halogens is 1. The number of aromatic amines is 1. The summed E-state index contributed by atoms with van der Waals surface area (Å²) in [6.45, 7) is 1.70. The van der Waals surface area contributed by atoms with E-state index >= 15 is 0 Å². The fourth-order valence-corrected chi connectivity index (χ4v) is 1.63. The lowest BCUT2D eigenvalue weighted by molar-refractivity contribution is 0.622. The molecule has 0 saturated heterocycles. The first-order valence-electron chi connectivity index (χ1n) is 5.31. The summed E-state index contributed by atoms with van der Waals surface area (Å²) in [5.74, 6) is -0.423. The van der Waals surface area contributed by atoms with Gasteiger partial charge in [-0.3, -0.25) is 14.3 Å². The zero-order chi connectivity index (χ0) is 13.3. The number of nitrogen functional groups attached to an aromatic ring is 1. The highest BCUT2D eigenvalue weighted by molar-refractivity contribution is 5.46. The largest absolute Gasteiger partial charge is 0.398 e. The summed E-state index contributed by atoms with van der Waals surface area (Å²) >= 11 is 0. The van der Waals surface area contributed by atoms with Crippen molar-refractivity contribution < 1.29 is 4.39 Å². The first kappa shape index (κ1) is 12.1. The van der Waals surface area contributed by atoms with Crippen LogP contribution in [-0.2, 0) is 6.54 Å². The Hall–Kier alpha value is -2.37. The third kappa shape index (κ3) is 2.32. The monoisotopic (exact) mass is 249 g/mol. The third-order valence-corrected chi connectivity index (χ3v) is 2.63. The van der Waals surface area contributed by atoms with Gasteiger partial charge in [0.2, 0.25) is 0 Å². The molecule has 0 aliphatic carbocycles. The summed E-state index contributed by atoms with van der Waals surface area (Å²) in [7, 11) is 0. The van der Waals surface area contributed by atoms with Crippen LogP contribution < -0.4 is 17.0 Å². The molecule has 0 aliphatic rings. The number of aromatic nitrogens is 2. The van der Waals surface area contributed by atoms with E-state index in [-0.39, 0.29) is 6.54 Å². The number of nitrogens with one attached hydrogen (secondary N) is 1. The molecule has 6 heteroatoms. The average molecular weight is 249 g/mol. The van der Waals surface area contributed by atoms with Gasteiger partial charge in [-0.15, -0.1) is 0 Å². The molecular formula is C12H12FN3O2. The number of nitrogens with two attached hydrogens (primary N) is 1. The van der Waals surface area contributed by atoms with Gasteiger partial charge in [-0.1, -0.05) is 0 Å². The second-order valence-corrected chi connectivity index (χ2v) is 4.04. The maximum absolute atomic E-state index is 13.1. The summed E-state index contributed by atoms with van der Waals surface area (Å²) in [6, 6.07) is 3.95. The number of aryl methyl sites for hydroxylation is 1. The molecule has 0 spiro atoms. The quantitative estimate of drug-likeness (QED) is 0.765. The summed E-state index contributed by atoms with van der Waals surface area (Å²) in [5, 5.41) is 0. The van der Waals surface area contributed by atoms with E-state index in [2.05, 4.69) is 4.98 Å². The van der Waals surface area contributed by atoms with E-state index in [4.69, 9.17) is 5.73 Å². The fourth-order valence-electron chi connectivity index (χ4n) is 1.63. The normalized spacial score (nSPS) is 10.6. The Morgan fingerprint density at radius 2 is 2.11 bits per heavy atom. The molecule has 0 fully saturated rings. The minimum absolute atomic E-state index is 0.111. The SMILES string of the molecule is Cc1cn(Cc2cc(F)ccc2N)c(=O)[nH]c1=O. The lowest BCUT2D eigenvalue weighted by Gasteiger charge is -2.08. The highest BCUT2D eigenvalue weighted by Crippen LogP contribution is 2.13. The number of H-pyrrole nitrogens is 1. The summed E-state index contributed by atoms with van der Waals surface area (Å²) < 4.78 is 14.4. The predicted octanol–water partition coefficient (Wildman–Crippen LogP) is 0.615. The van der Waals surface area contributed by atoms with E-state index in [1.807, 2.05) is 0 Å². The van der Waals surface area contributed by atoms with Crippen LogP contribution in [0.3, 0.4) is 0 Å². The zero-order valence-electron chi connectivity index (χ0n) is 9.74. The first-order chi connectivity index (χ1) is 8.47. The van der Waals surface area contributed by atoms with Crippen LogP contribution in [0.25, 0.3) is 0 Å². The molecule has 0 amide bonds.